The zero-order chi connectivity index (χ0) is 18.9. The smallest absolute Gasteiger partial charge is 0.270 e. The van der Waals surface area contributed by atoms with E-state index in [1.807, 2.05) is 30.3 Å². The highest BCUT2D eigenvalue weighted by Gasteiger charge is 2.35. The first-order valence-electron chi connectivity index (χ1n) is 9.74. The van der Waals surface area contributed by atoms with Gasteiger partial charge < -0.3 is 14.6 Å². The molecular weight excluding hydrogens is 350 g/mol. The molecule has 3 saturated heterocycles. The molecule has 1 unspecified atom stereocenters. The van der Waals surface area contributed by atoms with E-state index in [1.165, 1.54) is 12.8 Å². The molecule has 1 aromatic carbocycles. The van der Waals surface area contributed by atoms with E-state index in [0.717, 1.165) is 36.1 Å². The third kappa shape index (κ3) is 3.28. The maximum Gasteiger partial charge on any atom is 0.270 e. The number of hydrogen-bond donors (Lipinski definition) is 1. The van der Waals surface area contributed by atoms with Gasteiger partial charge >= 0.3 is 0 Å². The van der Waals surface area contributed by atoms with Crippen molar-refractivity contribution in [2.45, 2.75) is 18.9 Å². The highest BCUT2D eigenvalue weighted by Crippen LogP contribution is 2.28. The van der Waals surface area contributed by atoms with Crippen molar-refractivity contribution in [1.29, 1.82) is 0 Å². The van der Waals surface area contributed by atoms with Crippen LogP contribution in [0.25, 0.3) is 11.0 Å². The lowest BCUT2D eigenvalue weighted by Gasteiger charge is -2.44. The molecule has 3 aliphatic heterocycles. The average molecular weight is 371 g/mol. The van der Waals surface area contributed by atoms with Gasteiger partial charge in [0.05, 0.1) is 11.8 Å². The van der Waals surface area contributed by atoms with Gasteiger partial charge in [0.25, 0.3) is 5.91 Å². The van der Waals surface area contributed by atoms with Gasteiger partial charge in [0, 0.05) is 23.5 Å². The number of hydrogen-bond acceptors (Lipinski definition) is 4. The van der Waals surface area contributed by atoms with E-state index in [9.17, 15) is 4.79 Å². The van der Waals surface area contributed by atoms with Crippen LogP contribution in [-0.2, 0) is 0 Å². The van der Waals surface area contributed by atoms with E-state index in [-0.39, 0.29) is 11.9 Å². The molecule has 5 heteroatoms. The number of nitrogens with zero attached hydrogens (tertiary/aromatic N) is 2. The fourth-order valence-corrected chi connectivity index (χ4v) is 4.19. The summed E-state index contributed by atoms with van der Waals surface area (Å²) in [5.41, 5.74) is 2.74. The monoisotopic (exact) mass is 371 g/mol. The summed E-state index contributed by atoms with van der Waals surface area (Å²) in [6, 6.07) is 11.8. The summed E-state index contributed by atoms with van der Waals surface area (Å²) in [5, 5.41) is 4.01. The molecule has 5 heterocycles. The molecule has 2 aromatic heterocycles. The molecule has 0 spiro atoms. The van der Waals surface area contributed by atoms with E-state index >= 15 is 0 Å². The number of pyridine rings is 1. The standard InChI is InChI=1S/C23H21N3O2/c27-23(25-21-14-26-10-8-17(21)9-11-26)20-12-19-18(15-28-22(19)13-24-20)7-6-16-4-2-1-3-5-16/h1-5,12-13,15,17,21H,8-11,14H2,(H,25,27). The maximum absolute atomic E-state index is 12.8. The van der Waals surface area contributed by atoms with E-state index in [1.54, 1.807) is 18.5 Å². The Balaban J connectivity index is 1.38. The Morgan fingerprint density at radius 2 is 2.00 bits per heavy atom. The fraction of sp³-hybridized carbons (Fsp3) is 0.304. The van der Waals surface area contributed by atoms with Crippen LogP contribution in [0.2, 0.25) is 0 Å². The lowest BCUT2D eigenvalue weighted by Crippen LogP contribution is -2.57. The molecule has 3 fully saturated rings. The first-order valence-corrected chi connectivity index (χ1v) is 9.74. The van der Waals surface area contributed by atoms with Crippen LogP contribution >= 0.6 is 0 Å². The second kappa shape index (κ2) is 7.14. The van der Waals surface area contributed by atoms with Crippen LogP contribution in [0, 0.1) is 17.8 Å². The topological polar surface area (TPSA) is 58.4 Å². The number of aromatic nitrogens is 1. The molecule has 28 heavy (non-hydrogen) atoms. The molecule has 0 radical (unpaired) electrons. The Hall–Kier alpha value is -3.10. The van der Waals surface area contributed by atoms with Gasteiger partial charge in [0.2, 0.25) is 0 Å². The minimum atomic E-state index is -0.121. The van der Waals surface area contributed by atoms with E-state index in [4.69, 9.17) is 4.42 Å². The predicted molar refractivity (Wildman–Crippen MR) is 107 cm³/mol. The maximum atomic E-state index is 12.8. The second-order valence-corrected chi connectivity index (χ2v) is 7.55. The number of carbonyl (C=O) groups excluding carboxylic acids is 1. The van der Waals surface area contributed by atoms with Crippen molar-refractivity contribution in [2.24, 2.45) is 5.92 Å². The number of benzene rings is 1. The predicted octanol–water partition coefficient (Wildman–Crippen LogP) is 3.05. The van der Waals surface area contributed by atoms with Crippen molar-refractivity contribution in [3.63, 3.8) is 0 Å². The van der Waals surface area contributed by atoms with Gasteiger partial charge in [-0.3, -0.25) is 4.79 Å². The Morgan fingerprint density at radius 3 is 2.75 bits per heavy atom. The number of piperidine rings is 3. The minimum Gasteiger partial charge on any atom is -0.461 e. The normalized spacial score (nSPS) is 23.2. The largest absolute Gasteiger partial charge is 0.461 e. The first-order chi connectivity index (χ1) is 13.8. The average Bonchev–Trinajstić information content (AvgIpc) is 3.16. The van der Waals surface area contributed by atoms with E-state index < -0.39 is 0 Å². The van der Waals surface area contributed by atoms with Crippen LogP contribution < -0.4 is 5.32 Å². The van der Waals surface area contributed by atoms with Crippen LogP contribution in [0.5, 0.6) is 0 Å². The summed E-state index contributed by atoms with van der Waals surface area (Å²) >= 11 is 0. The first kappa shape index (κ1) is 17.0. The van der Waals surface area contributed by atoms with Gasteiger partial charge in [-0.1, -0.05) is 30.0 Å². The number of amides is 1. The zero-order valence-electron chi connectivity index (χ0n) is 15.5. The van der Waals surface area contributed by atoms with Crippen LogP contribution in [0.1, 0.15) is 34.5 Å². The van der Waals surface area contributed by atoms with Crippen molar-refractivity contribution in [3.05, 3.63) is 65.7 Å². The van der Waals surface area contributed by atoms with E-state index in [0.29, 0.717) is 17.2 Å². The van der Waals surface area contributed by atoms with Crippen molar-refractivity contribution in [1.82, 2.24) is 15.2 Å². The summed E-state index contributed by atoms with van der Waals surface area (Å²) in [6.45, 7) is 3.25. The van der Waals surface area contributed by atoms with Crippen LogP contribution in [0.4, 0.5) is 0 Å². The summed E-state index contributed by atoms with van der Waals surface area (Å²) in [5.74, 6) is 6.74. The number of carbonyl (C=O) groups is 1. The number of rotatable bonds is 2. The Bertz CT molecular complexity index is 1070. The van der Waals surface area contributed by atoms with Gasteiger partial charge in [-0.25, -0.2) is 4.98 Å². The summed E-state index contributed by atoms with van der Waals surface area (Å²) in [7, 11) is 0. The van der Waals surface area contributed by atoms with Crippen molar-refractivity contribution >= 4 is 16.9 Å². The van der Waals surface area contributed by atoms with Crippen molar-refractivity contribution in [2.75, 3.05) is 19.6 Å². The molecule has 3 aliphatic rings. The molecule has 1 amide bonds. The van der Waals surface area contributed by atoms with Crippen molar-refractivity contribution < 1.29 is 9.21 Å². The fourth-order valence-electron chi connectivity index (χ4n) is 4.19. The SMILES string of the molecule is O=C(NC1CN2CCC1CC2)c1cc2c(C#Cc3ccccc3)coc2cn1. The Labute approximate surface area is 163 Å². The molecule has 140 valence electrons. The highest BCUT2D eigenvalue weighted by atomic mass is 16.3. The molecule has 3 aromatic rings. The Morgan fingerprint density at radius 1 is 1.18 bits per heavy atom. The van der Waals surface area contributed by atoms with Gasteiger partial charge in [-0.2, -0.15) is 0 Å². The number of nitrogens with one attached hydrogen (secondary N) is 1. The molecule has 1 N–H and O–H groups in total. The molecule has 1 atom stereocenters. The molecule has 2 bridgehead atoms. The van der Waals surface area contributed by atoms with Gasteiger partial charge in [-0.15, -0.1) is 0 Å². The quantitative estimate of drug-likeness (QED) is 0.704. The molecular formula is C23H21N3O2. The van der Waals surface area contributed by atoms with Gasteiger partial charge in [0.1, 0.15) is 12.0 Å². The lowest BCUT2D eigenvalue weighted by atomic mass is 9.84. The molecule has 5 nitrogen and oxygen atoms in total. The molecule has 0 aliphatic carbocycles. The molecule has 6 rings (SSSR count). The summed E-state index contributed by atoms with van der Waals surface area (Å²) in [6.07, 6.45) is 5.56. The van der Waals surface area contributed by atoms with Crippen LogP contribution in [-0.4, -0.2) is 41.5 Å². The third-order valence-electron chi connectivity index (χ3n) is 5.78. The lowest BCUT2D eigenvalue weighted by molar-refractivity contribution is 0.0618. The zero-order valence-corrected chi connectivity index (χ0v) is 15.5. The highest BCUT2D eigenvalue weighted by molar-refractivity contribution is 5.97. The summed E-state index contributed by atoms with van der Waals surface area (Å²) < 4.78 is 5.56. The van der Waals surface area contributed by atoms with Gasteiger partial charge in [0.15, 0.2) is 5.58 Å². The minimum absolute atomic E-state index is 0.121. The summed E-state index contributed by atoms with van der Waals surface area (Å²) in [4.78, 5) is 19.5. The number of fused-ring (bicyclic) bond motifs is 4. The molecule has 0 saturated carbocycles. The third-order valence-corrected chi connectivity index (χ3v) is 5.78. The van der Waals surface area contributed by atoms with Crippen molar-refractivity contribution in [3.8, 4) is 11.8 Å². The van der Waals surface area contributed by atoms with E-state index in [2.05, 4.69) is 27.0 Å². The number of furan rings is 1. The second-order valence-electron chi connectivity index (χ2n) is 7.55. The van der Waals surface area contributed by atoms with Gasteiger partial charge in [-0.05, 0) is 50.0 Å². The van der Waals surface area contributed by atoms with Crippen LogP contribution in [0.15, 0.2) is 53.3 Å². The van der Waals surface area contributed by atoms with Crippen LogP contribution in [0.3, 0.4) is 0 Å². The Kier molecular flexibility index (Phi) is 4.34.